The van der Waals surface area contributed by atoms with Crippen molar-refractivity contribution in [3.8, 4) is 17.1 Å². The predicted molar refractivity (Wildman–Crippen MR) is 118 cm³/mol. The molecule has 0 bridgehead atoms. The second-order valence-corrected chi connectivity index (χ2v) is 7.98. The van der Waals surface area contributed by atoms with Crippen molar-refractivity contribution in [1.29, 1.82) is 0 Å². The number of hydrogen-bond donors (Lipinski definition) is 1. The SMILES string of the molecule is Clc1ccc(CSc2nnc3c(n2)OC(c2ccccn2)Nc2ccccc2-3)cc1. The van der Waals surface area contributed by atoms with Crippen molar-refractivity contribution in [3.63, 3.8) is 0 Å². The van der Waals surface area contributed by atoms with Crippen LogP contribution in [0.25, 0.3) is 11.3 Å². The summed E-state index contributed by atoms with van der Waals surface area (Å²) in [5, 5.41) is 13.4. The van der Waals surface area contributed by atoms with E-state index in [1.807, 2.05) is 66.7 Å². The summed E-state index contributed by atoms with van der Waals surface area (Å²) < 4.78 is 6.22. The highest BCUT2D eigenvalue weighted by Crippen LogP contribution is 2.39. The molecule has 2 aromatic carbocycles. The van der Waals surface area contributed by atoms with Crippen LogP contribution in [0.3, 0.4) is 0 Å². The van der Waals surface area contributed by atoms with Crippen LogP contribution in [0.4, 0.5) is 5.69 Å². The van der Waals surface area contributed by atoms with Crippen LogP contribution in [-0.2, 0) is 5.75 Å². The first-order chi connectivity index (χ1) is 14.8. The molecule has 1 aliphatic heterocycles. The van der Waals surface area contributed by atoms with E-state index in [1.54, 1.807) is 6.20 Å². The van der Waals surface area contributed by atoms with Gasteiger partial charge in [0.2, 0.25) is 17.3 Å². The molecule has 5 rings (SSSR count). The van der Waals surface area contributed by atoms with E-state index in [2.05, 4.69) is 25.5 Å². The Morgan fingerprint density at radius 3 is 2.63 bits per heavy atom. The van der Waals surface area contributed by atoms with Crippen molar-refractivity contribution in [2.75, 3.05) is 5.32 Å². The molecule has 148 valence electrons. The number of fused-ring (bicyclic) bond motifs is 3. The molecule has 8 heteroatoms. The molecule has 6 nitrogen and oxygen atoms in total. The average molecular weight is 434 g/mol. The van der Waals surface area contributed by atoms with Crippen molar-refractivity contribution >= 4 is 29.1 Å². The molecule has 0 spiro atoms. The molecule has 0 saturated heterocycles. The molecule has 0 radical (unpaired) electrons. The second-order valence-electron chi connectivity index (χ2n) is 6.61. The number of benzene rings is 2. The normalized spacial score (nSPS) is 14.6. The molecule has 1 N–H and O–H groups in total. The summed E-state index contributed by atoms with van der Waals surface area (Å²) >= 11 is 7.45. The molecule has 0 fully saturated rings. The van der Waals surface area contributed by atoms with Crippen molar-refractivity contribution in [1.82, 2.24) is 20.2 Å². The minimum absolute atomic E-state index is 0.428. The lowest BCUT2D eigenvalue weighted by molar-refractivity contribution is 0.220. The smallest absolute Gasteiger partial charge is 0.247 e. The van der Waals surface area contributed by atoms with E-state index in [-0.39, 0.29) is 0 Å². The molecule has 30 heavy (non-hydrogen) atoms. The molecule has 2 aromatic heterocycles. The fourth-order valence-corrected chi connectivity index (χ4v) is 3.96. The first-order valence-electron chi connectivity index (χ1n) is 9.32. The van der Waals surface area contributed by atoms with Crippen LogP contribution in [0.15, 0.2) is 78.1 Å². The zero-order chi connectivity index (χ0) is 20.3. The predicted octanol–water partition coefficient (Wildman–Crippen LogP) is 5.38. The fraction of sp³-hybridized carbons (Fsp3) is 0.0909. The van der Waals surface area contributed by atoms with Gasteiger partial charge in [0.25, 0.3) is 0 Å². The minimum atomic E-state index is -0.487. The summed E-state index contributed by atoms with van der Waals surface area (Å²) in [7, 11) is 0. The Labute approximate surface area is 182 Å². The summed E-state index contributed by atoms with van der Waals surface area (Å²) in [6.45, 7) is 0. The topological polar surface area (TPSA) is 72.8 Å². The van der Waals surface area contributed by atoms with Crippen molar-refractivity contribution in [2.45, 2.75) is 17.1 Å². The maximum Gasteiger partial charge on any atom is 0.247 e. The fourth-order valence-electron chi connectivity index (χ4n) is 3.10. The van der Waals surface area contributed by atoms with Crippen LogP contribution in [0.1, 0.15) is 17.5 Å². The van der Waals surface area contributed by atoms with Crippen LogP contribution in [0, 0.1) is 0 Å². The third-order valence-corrected chi connectivity index (χ3v) is 5.73. The Balaban J connectivity index is 1.48. The number of aromatic nitrogens is 4. The molecule has 0 aliphatic carbocycles. The van der Waals surface area contributed by atoms with Crippen molar-refractivity contribution in [3.05, 3.63) is 89.2 Å². The first kappa shape index (κ1) is 18.8. The van der Waals surface area contributed by atoms with Crippen LogP contribution >= 0.6 is 23.4 Å². The van der Waals surface area contributed by atoms with E-state index in [0.29, 0.717) is 27.5 Å². The first-order valence-corrected chi connectivity index (χ1v) is 10.7. The minimum Gasteiger partial charge on any atom is -0.446 e. The average Bonchev–Trinajstić information content (AvgIpc) is 2.96. The number of nitrogens with one attached hydrogen (secondary N) is 1. The number of halogens is 1. The Morgan fingerprint density at radius 2 is 1.80 bits per heavy atom. The van der Waals surface area contributed by atoms with Gasteiger partial charge in [-0.05, 0) is 35.9 Å². The van der Waals surface area contributed by atoms with Crippen LogP contribution in [0.5, 0.6) is 5.88 Å². The Bertz CT molecular complexity index is 1170. The summed E-state index contributed by atoms with van der Waals surface area (Å²) in [6.07, 6.45) is 1.25. The highest BCUT2D eigenvalue weighted by Gasteiger charge is 2.26. The molecule has 3 heterocycles. The van der Waals surface area contributed by atoms with E-state index in [4.69, 9.17) is 16.3 Å². The van der Waals surface area contributed by atoms with Gasteiger partial charge in [0.15, 0.2) is 5.69 Å². The Morgan fingerprint density at radius 1 is 0.967 bits per heavy atom. The van der Waals surface area contributed by atoms with Crippen LogP contribution < -0.4 is 10.1 Å². The highest BCUT2D eigenvalue weighted by molar-refractivity contribution is 7.98. The van der Waals surface area contributed by atoms with E-state index in [0.717, 1.165) is 22.5 Å². The largest absolute Gasteiger partial charge is 0.446 e. The Kier molecular flexibility index (Phi) is 5.21. The van der Waals surface area contributed by atoms with Crippen molar-refractivity contribution in [2.24, 2.45) is 0 Å². The summed E-state index contributed by atoms with van der Waals surface area (Å²) in [5.41, 5.74) is 4.27. The van der Waals surface area contributed by atoms with Gasteiger partial charge in [-0.25, -0.2) is 0 Å². The number of para-hydroxylation sites is 1. The number of ether oxygens (including phenoxy) is 1. The van der Waals surface area contributed by atoms with Crippen LogP contribution in [-0.4, -0.2) is 20.2 Å². The van der Waals surface area contributed by atoms with E-state index >= 15 is 0 Å². The lowest BCUT2D eigenvalue weighted by Crippen LogP contribution is -2.18. The molecular formula is C22H16ClN5OS. The van der Waals surface area contributed by atoms with E-state index < -0.39 is 6.23 Å². The number of anilines is 1. The summed E-state index contributed by atoms with van der Waals surface area (Å²) in [5.74, 6) is 1.13. The molecule has 4 aromatic rings. The standard InChI is InChI=1S/C22H16ClN5OS/c23-15-10-8-14(9-11-15)13-30-22-26-21-19(27-28-22)16-5-1-2-6-17(16)25-20(29-21)18-7-3-4-12-24-18/h1-12,20,25H,13H2. The zero-order valence-corrected chi connectivity index (χ0v) is 17.3. The van der Waals surface area contributed by atoms with Gasteiger partial charge < -0.3 is 10.1 Å². The molecular weight excluding hydrogens is 418 g/mol. The molecule has 0 amide bonds. The maximum atomic E-state index is 6.22. The van der Waals surface area contributed by atoms with Gasteiger partial charge in [0, 0.05) is 28.2 Å². The number of rotatable bonds is 4. The Hall–Kier alpha value is -3.16. The molecule has 1 aliphatic rings. The van der Waals surface area contributed by atoms with E-state index in [9.17, 15) is 0 Å². The number of pyridine rings is 1. The summed E-state index contributed by atoms with van der Waals surface area (Å²) in [6, 6.07) is 21.3. The highest BCUT2D eigenvalue weighted by atomic mass is 35.5. The van der Waals surface area contributed by atoms with Gasteiger partial charge in [0.05, 0.1) is 0 Å². The lowest BCUT2D eigenvalue weighted by atomic mass is 10.1. The quantitative estimate of drug-likeness (QED) is 0.433. The third kappa shape index (κ3) is 3.94. The zero-order valence-electron chi connectivity index (χ0n) is 15.7. The molecule has 1 unspecified atom stereocenters. The van der Waals surface area contributed by atoms with Gasteiger partial charge in [-0.15, -0.1) is 10.2 Å². The monoisotopic (exact) mass is 433 g/mol. The van der Waals surface area contributed by atoms with Crippen molar-refractivity contribution < 1.29 is 4.74 Å². The second kappa shape index (κ2) is 8.30. The van der Waals surface area contributed by atoms with Gasteiger partial charge in [-0.1, -0.05) is 59.8 Å². The van der Waals surface area contributed by atoms with Gasteiger partial charge in [0.1, 0.15) is 5.69 Å². The van der Waals surface area contributed by atoms with Gasteiger partial charge in [-0.2, -0.15) is 4.98 Å². The third-order valence-electron chi connectivity index (χ3n) is 4.57. The molecule has 1 atom stereocenters. The molecule has 0 saturated carbocycles. The lowest BCUT2D eigenvalue weighted by Gasteiger charge is -2.18. The van der Waals surface area contributed by atoms with Gasteiger partial charge in [-0.3, -0.25) is 4.98 Å². The number of thioether (sulfide) groups is 1. The number of nitrogens with zero attached hydrogens (tertiary/aromatic N) is 4. The van der Waals surface area contributed by atoms with Gasteiger partial charge >= 0.3 is 0 Å². The number of hydrogen-bond acceptors (Lipinski definition) is 7. The summed E-state index contributed by atoms with van der Waals surface area (Å²) in [4.78, 5) is 9.08. The maximum absolute atomic E-state index is 6.22. The van der Waals surface area contributed by atoms with E-state index in [1.165, 1.54) is 11.8 Å². The van der Waals surface area contributed by atoms with Crippen LogP contribution in [0.2, 0.25) is 5.02 Å².